The number of imide groups is 1. The topological polar surface area (TPSA) is 83.6 Å². The van der Waals surface area contributed by atoms with Crippen molar-refractivity contribution in [2.45, 2.75) is 57.9 Å². The van der Waals surface area contributed by atoms with Crippen molar-refractivity contribution in [3.8, 4) is 0 Å². The molecule has 0 aromatic heterocycles. The minimum Gasteiger partial charge on any atom is -0.322 e. The number of amides is 3. The van der Waals surface area contributed by atoms with Gasteiger partial charge in [0.25, 0.3) is 17.7 Å². The molecule has 1 aliphatic heterocycles. The minimum absolute atomic E-state index is 0.0192. The third kappa shape index (κ3) is 7.81. The van der Waals surface area contributed by atoms with Gasteiger partial charge in [-0.1, -0.05) is 78.9 Å². The van der Waals surface area contributed by atoms with E-state index in [0.717, 1.165) is 56.9 Å². The number of aryl methyl sites for hydroxylation is 4. The Balaban J connectivity index is 1.00. The first-order valence-electron chi connectivity index (χ1n) is 17.8. The highest BCUT2D eigenvalue weighted by molar-refractivity contribution is 6.21. The van der Waals surface area contributed by atoms with Crippen LogP contribution in [0, 0.1) is 0 Å². The van der Waals surface area contributed by atoms with Gasteiger partial charge < -0.3 is 5.32 Å². The van der Waals surface area contributed by atoms with Gasteiger partial charge in [0.1, 0.15) is 0 Å². The summed E-state index contributed by atoms with van der Waals surface area (Å²) in [6, 6.07) is 36.3. The summed E-state index contributed by atoms with van der Waals surface area (Å²) in [4.78, 5) is 53.7. The van der Waals surface area contributed by atoms with Crippen molar-refractivity contribution >= 4 is 35.3 Å². The monoisotopic (exact) mass is 672 g/mol. The number of nitrogens with zero attached hydrogens (tertiary/aromatic N) is 1. The van der Waals surface area contributed by atoms with Gasteiger partial charge in [0.15, 0.2) is 5.78 Å². The fraction of sp³-hybridized carbons (Fsp3) is 0.200. The van der Waals surface area contributed by atoms with E-state index in [-0.39, 0.29) is 30.0 Å². The van der Waals surface area contributed by atoms with E-state index in [4.69, 9.17) is 0 Å². The summed E-state index contributed by atoms with van der Waals surface area (Å²) in [7, 11) is 0. The number of anilines is 1. The number of fused-ring (bicyclic) bond motifs is 1. The Hall–Kier alpha value is -5.88. The Morgan fingerprint density at radius 2 is 1.20 bits per heavy atom. The van der Waals surface area contributed by atoms with Crippen LogP contribution in [0.2, 0.25) is 0 Å². The van der Waals surface area contributed by atoms with E-state index in [2.05, 4.69) is 47.8 Å². The van der Waals surface area contributed by atoms with Gasteiger partial charge in [-0.15, -0.1) is 0 Å². The molecule has 1 N–H and O–H groups in total. The fourth-order valence-corrected chi connectivity index (χ4v) is 6.97. The summed E-state index contributed by atoms with van der Waals surface area (Å²) in [5, 5.41) is 2.90. The predicted molar refractivity (Wildman–Crippen MR) is 201 cm³/mol. The fourth-order valence-electron chi connectivity index (χ4n) is 6.97. The van der Waals surface area contributed by atoms with Crippen molar-refractivity contribution in [3.63, 3.8) is 0 Å². The zero-order chi connectivity index (χ0) is 35.2. The number of hydrogen-bond acceptors (Lipinski definition) is 4. The van der Waals surface area contributed by atoms with Crippen LogP contribution >= 0.6 is 0 Å². The van der Waals surface area contributed by atoms with Crippen molar-refractivity contribution in [1.82, 2.24) is 4.90 Å². The standard InChI is InChI=1S/C45H40N2O4/c48-42(28-25-36-29-33-11-2-1-9-31-17-19-32(20-18-31)10-3-4-12-34(36)22-21-33)35-23-26-38(27-24-35)46-43(49)39-14-6-5-13-37(39)30-47-44(50)40-15-7-8-16-41(40)45(47)51/h5-8,13-29H,1-4,9-12,30H2,(H,46,49)/b28-25+. The Morgan fingerprint density at radius 1 is 0.627 bits per heavy atom. The van der Waals surface area contributed by atoms with E-state index in [0.29, 0.717) is 33.5 Å². The highest BCUT2D eigenvalue weighted by atomic mass is 16.2. The lowest BCUT2D eigenvalue weighted by atomic mass is 9.94. The molecule has 0 atom stereocenters. The Kier molecular flexibility index (Phi) is 10.1. The van der Waals surface area contributed by atoms with Crippen LogP contribution in [0.5, 0.6) is 0 Å². The van der Waals surface area contributed by atoms with E-state index >= 15 is 0 Å². The number of carbonyl (C=O) groups is 4. The minimum atomic E-state index is -0.374. The lowest BCUT2D eigenvalue weighted by Crippen LogP contribution is -2.30. The van der Waals surface area contributed by atoms with Crippen molar-refractivity contribution in [2.75, 3.05) is 5.32 Å². The molecule has 51 heavy (non-hydrogen) atoms. The number of hydrogen-bond donors (Lipinski definition) is 1. The molecule has 0 saturated heterocycles. The summed E-state index contributed by atoms with van der Waals surface area (Å²) in [6.45, 7) is -0.0192. The van der Waals surface area contributed by atoms with Crippen LogP contribution in [-0.2, 0) is 32.2 Å². The third-order valence-electron chi connectivity index (χ3n) is 9.89. The molecule has 4 bridgehead atoms. The van der Waals surface area contributed by atoms with Crippen LogP contribution in [0.4, 0.5) is 5.69 Å². The van der Waals surface area contributed by atoms with Gasteiger partial charge in [-0.2, -0.15) is 0 Å². The summed E-state index contributed by atoms with van der Waals surface area (Å²) in [5.74, 6) is -1.23. The summed E-state index contributed by atoms with van der Waals surface area (Å²) in [6.07, 6.45) is 12.2. The average molecular weight is 673 g/mol. The summed E-state index contributed by atoms with van der Waals surface area (Å²) >= 11 is 0. The second-order valence-corrected chi connectivity index (χ2v) is 13.4. The van der Waals surface area contributed by atoms with Gasteiger partial charge >= 0.3 is 0 Å². The zero-order valence-corrected chi connectivity index (χ0v) is 28.6. The van der Waals surface area contributed by atoms with Crippen molar-refractivity contribution in [2.24, 2.45) is 0 Å². The molecule has 6 nitrogen and oxygen atoms in total. The molecule has 0 fully saturated rings. The first kappa shape index (κ1) is 33.6. The number of benzene rings is 5. The molecule has 6 heteroatoms. The summed E-state index contributed by atoms with van der Waals surface area (Å²) < 4.78 is 0. The summed E-state index contributed by atoms with van der Waals surface area (Å²) in [5.41, 5.74) is 9.13. The van der Waals surface area contributed by atoms with E-state index in [1.807, 2.05) is 6.08 Å². The average Bonchev–Trinajstić information content (AvgIpc) is 3.39. The number of allylic oxidation sites excluding steroid dienone is 1. The van der Waals surface area contributed by atoms with Gasteiger partial charge in [0.05, 0.1) is 17.7 Å². The smallest absolute Gasteiger partial charge is 0.261 e. The predicted octanol–water partition coefficient (Wildman–Crippen LogP) is 9.08. The number of rotatable bonds is 7. The van der Waals surface area contributed by atoms with Crippen molar-refractivity contribution in [3.05, 3.63) is 177 Å². The van der Waals surface area contributed by atoms with Crippen molar-refractivity contribution in [1.29, 1.82) is 0 Å². The maximum atomic E-state index is 13.4. The maximum Gasteiger partial charge on any atom is 0.261 e. The number of ketones is 1. The van der Waals surface area contributed by atoms with E-state index in [1.54, 1.807) is 78.9 Å². The molecular weight excluding hydrogens is 633 g/mol. The second-order valence-electron chi connectivity index (χ2n) is 13.4. The van der Waals surface area contributed by atoms with Crippen LogP contribution < -0.4 is 5.32 Å². The van der Waals surface area contributed by atoms with E-state index in [1.165, 1.54) is 27.2 Å². The first-order valence-corrected chi connectivity index (χ1v) is 17.8. The molecule has 0 saturated carbocycles. The second kappa shape index (κ2) is 15.3. The van der Waals surface area contributed by atoms with Crippen LogP contribution in [0.3, 0.4) is 0 Å². The maximum absolute atomic E-state index is 13.4. The molecule has 5 aromatic rings. The van der Waals surface area contributed by atoms with Crippen LogP contribution in [0.1, 0.15) is 100 Å². The SMILES string of the molecule is O=C(/C=C/c1cc2ccc1CCCCc1ccc(cc1)CCCC2)c1ccc(NC(=O)c2ccccc2CN2C(=O)c3ccccc3C2=O)cc1. The molecule has 3 amide bonds. The quantitative estimate of drug-likeness (QED) is 0.106. The first-order chi connectivity index (χ1) is 24.9. The third-order valence-corrected chi connectivity index (χ3v) is 9.89. The van der Waals surface area contributed by atoms with Gasteiger partial charge in [-0.3, -0.25) is 24.1 Å². The lowest BCUT2D eigenvalue weighted by molar-refractivity contribution is 0.0640. The Labute approximate surface area is 298 Å². The molecule has 10 rings (SSSR count). The Bertz CT molecular complexity index is 2090. The number of carbonyl (C=O) groups excluding carboxylic acids is 4. The molecule has 4 aliphatic carbocycles. The molecular formula is C45H40N2O4. The highest BCUT2D eigenvalue weighted by Crippen LogP contribution is 2.26. The van der Waals surface area contributed by atoms with Crippen LogP contribution in [0.15, 0.2) is 121 Å². The van der Waals surface area contributed by atoms with Gasteiger partial charge in [-0.25, -0.2) is 0 Å². The van der Waals surface area contributed by atoms with Gasteiger partial charge in [0.2, 0.25) is 0 Å². The lowest BCUT2D eigenvalue weighted by Gasteiger charge is -2.16. The molecule has 1 heterocycles. The molecule has 5 aliphatic rings. The van der Waals surface area contributed by atoms with E-state index in [9.17, 15) is 19.2 Å². The van der Waals surface area contributed by atoms with Crippen LogP contribution in [0.25, 0.3) is 6.08 Å². The molecule has 0 spiro atoms. The largest absolute Gasteiger partial charge is 0.322 e. The molecule has 0 radical (unpaired) electrons. The highest BCUT2D eigenvalue weighted by Gasteiger charge is 2.35. The van der Waals surface area contributed by atoms with Gasteiger partial charge in [-0.05, 0) is 133 Å². The Morgan fingerprint density at radius 3 is 1.86 bits per heavy atom. The zero-order valence-electron chi connectivity index (χ0n) is 28.6. The number of nitrogens with one attached hydrogen (secondary N) is 1. The van der Waals surface area contributed by atoms with Gasteiger partial charge in [0, 0.05) is 16.8 Å². The van der Waals surface area contributed by atoms with E-state index < -0.39 is 0 Å². The van der Waals surface area contributed by atoms with Crippen molar-refractivity contribution < 1.29 is 19.2 Å². The molecule has 254 valence electrons. The van der Waals surface area contributed by atoms with Crippen LogP contribution in [-0.4, -0.2) is 28.4 Å². The molecule has 5 aromatic carbocycles. The normalized spacial score (nSPS) is 14.6. The molecule has 0 unspecified atom stereocenters.